The van der Waals surface area contributed by atoms with Crippen molar-refractivity contribution in [3.63, 3.8) is 0 Å². The molecule has 0 amide bonds. The number of sulfonamides is 1. The zero-order valence-corrected chi connectivity index (χ0v) is 22.7. The summed E-state index contributed by atoms with van der Waals surface area (Å²) < 4.78 is 73.6. The lowest BCUT2D eigenvalue weighted by molar-refractivity contribution is -0.143. The standard InChI is InChI=1S/C29H37F3N2O3S/c1-2-3-4-5-6-7-8-9-10-11-15-18-26-27(29(30,31)32)33-37-28(26)34-38(35,36)25-21-19-24(20-22-25)23-16-13-12-14-17-23/h12-14,16-17,19-22,34H,2-11,15,18H2,1H3. The third kappa shape index (κ3) is 8.89. The minimum absolute atomic E-state index is 0.0279. The highest BCUT2D eigenvalue weighted by atomic mass is 32.2. The number of halogens is 3. The van der Waals surface area contributed by atoms with E-state index < -0.39 is 27.8 Å². The number of hydrogen-bond donors (Lipinski definition) is 1. The van der Waals surface area contributed by atoms with Crippen LogP contribution < -0.4 is 4.72 Å². The van der Waals surface area contributed by atoms with Gasteiger partial charge in [-0.2, -0.15) is 13.2 Å². The molecule has 1 N–H and O–H groups in total. The topological polar surface area (TPSA) is 72.2 Å². The van der Waals surface area contributed by atoms with Crippen LogP contribution in [0, 0.1) is 0 Å². The Kier molecular flexibility index (Phi) is 11.2. The first-order valence-electron chi connectivity index (χ1n) is 13.5. The lowest BCUT2D eigenvalue weighted by Crippen LogP contribution is -2.15. The van der Waals surface area contributed by atoms with Crippen molar-refractivity contribution in [2.24, 2.45) is 0 Å². The van der Waals surface area contributed by atoms with Gasteiger partial charge in [-0.25, -0.2) is 13.1 Å². The van der Waals surface area contributed by atoms with Crippen LogP contribution in [0.4, 0.5) is 19.1 Å². The van der Waals surface area contributed by atoms with Gasteiger partial charge in [0.25, 0.3) is 10.0 Å². The smallest absolute Gasteiger partial charge is 0.337 e. The van der Waals surface area contributed by atoms with Crippen LogP contribution in [-0.4, -0.2) is 13.6 Å². The van der Waals surface area contributed by atoms with Crippen LogP contribution in [0.25, 0.3) is 11.1 Å². The number of benzene rings is 2. The largest absolute Gasteiger partial charge is 0.437 e. The summed E-state index contributed by atoms with van der Waals surface area (Å²) in [6, 6.07) is 15.6. The van der Waals surface area contributed by atoms with E-state index in [-0.39, 0.29) is 16.9 Å². The Bertz CT molecular complexity index is 1210. The van der Waals surface area contributed by atoms with Crippen LogP contribution in [0.15, 0.2) is 64.0 Å². The van der Waals surface area contributed by atoms with E-state index in [1.165, 1.54) is 50.7 Å². The molecule has 1 aromatic heterocycles. The monoisotopic (exact) mass is 550 g/mol. The van der Waals surface area contributed by atoms with Crippen LogP contribution in [-0.2, 0) is 22.6 Å². The molecule has 38 heavy (non-hydrogen) atoms. The number of anilines is 1. The summed E-state index contributed by atoms with van der Waals surface area (Å²) >= 11 is 0. The second-order valence-corrected chi connectivity index (χ2v) is 11.3. The van der Waals surface area contributed by atoms with Crippen LogP contribution in [0.2, 0.25) is 0 Å². The number of nitrogens with zero attached hydrogens (tertiary/aromatic N) is 1. The van der Waals surface area contributed by atoms with Gasteiger partial charge in [0.1, 0.15) is 0 Å². The number of hydrogen-bond acceptors (Lipinski definition) is 4. The minimum Gasteiger partial charge on any atom is -0.337 e. The maximum absolute atomic E-state index is 13.5. The number of aromatic nitrogens is 1. The van der Waals surface area contributed by atoms with E-state index in [1.807, 2.05) is 30.3 Å². The van der Waals surface area contributed by atoms with Crippen molar-refractivity contribution in [1.29, 1.82) is 0 Å². The highest BCUT2D eigenvalue weighted by Crippen LogP contribution is 2.36. The first kappa shape index (κ1) is 29.7. The molecule has 0 spiro atoms. The lowest BCUT2D eigenvalue weighted by Gasteiger charge is -2.10. The molecule has 3 aromatic rings. The van der Waals surface area contributed by atoms with E-state index in [2.05, 4.69) is 16.8 Å². The van der Waals surface area contributed by atoms with Gasteiger partial charge in [0.15, 0.2) is 5.69 Å². The normalized spacial score (nSPS) is 12.1. The summed E-state index contributed by atoms with van der Waals surface area (Å²) in [5.74, 6) is -0.475. The average molecular weight is 551 g/mol. The van der Waals surface area contributed by atoms with Crippen molar-refractivity contribution < 1.29 is 26.1 Å². The minimum atomic E-state index is -4.74. The lowest BCUT2D eigenvalue weighted by atomic mass is 10.0. The van der Waals surface area contributed by atoms with E-state index >= 15 is 0 Å². The third-order valence-corrected chi connectivity index (χ3v) is 7.93. The molecule has 0 aliphatic carbocycles. The van der Waals surface area contributed by atoms with Gasteiger partial charge < -0.3 is 4.52 Å². The summed E-state index contributed by atoms with van der Waals surface area (Å²) in [5.41, 5.74) is 0.309. The van der Waals surface area contributed by atoms with E-state index in [9.17, 15) is 21.6 Å². The van der Waals surface area contributed by atoms with Crippen LogP contribution in [0.1, 0.15) is 88.8 Å². The predicted octanol–water partition coefficient (Wildman–Crippen LogP) is 9.01. The Labute approximate surface area is 223 Å². The quantitative estimate of drug-likeness (QED) is 0.181. The van der Waals surface area contributed by atoms with Crippen molar-refractivity contribution in [1.82, 2.24) is 5.16 Å². The number of unbranched alkanes of at least 4 members (excludes halogenated alkanes) is 10. The molecular weight excluding hydrogens is 513 g/mol. The van der Waals surface area contributed by atoms with Crippen LogP contribution >= 0.6 is 0 Å². The van der Waals surface area contributed by atoms with Crippen LogP contribution in [0.3, 0.4) is 0 Å². The summed E-state index contributed by atoms with van der Waals surface area (Å²) in [7, 11) is -4.17. The van der Waals surface area contributed by atoms with E-state index in [0.29, 0.717) is 6.42 Å². The molecule has 0 unspecified atom stereocenters. The average Bonchev–Trinajstić information content (AvgIpc) is 3.30. The number of alkyl halides is 3. The van der Waals surface area contributed by atoms with Gasteiger partial charge in [-0.05, 0) is 36.1 Å². The summed E-state index contributed by atoms with van der Waals surface area (Å²) in [6.07, 6.45) is 7.10. The Hall–Kier alpha value is -2.81. The molecular formula is C29H37F3N2O3S. The fourth-order valence-corrected chi connectivity index (χ4v) is 5.46. The fourth-order valence-electron chi connectivity index (χ4n) is 4.45. The molecule has 0 aliphatic heterocycles. The van der Waals surface area contributed by atoms with E-state index in [4.69, 9.17) is 4.52 Å². The molecule has 0 saturated heterocycles. The van der Waals surface area contributed by atoms with Crippen LogP contribution in [0.5, 0.6) is 0 Å². The highest BCUT2D eigenvalue weighted by molar-refractivity contribution is 7.92. The van der Waals surface area contributed by atoms with Gasteiger partial charge in [-0.15, -0.1) is 0 Å². The second kappa shape index (κ2) is 14.4. The molecule has 0 saturated carbocycles. The molecule has 9 heteroatoms. The summed E-state index contributed by atoms with van der Waals surface area (Å²) in [5, 5.41) is 3.16. The van der Waals surface area contributed by atoms with E-state index in [0.717, 1.165) is 36.8 Å². The highest BCUT2D eigenvalue weighted by Gasteiger charge is 2.39. The van der Waals surface area contributed by atoms with Crippen molar-refractivity contribution in [3.8, 4) is 11.1 Å². The molecule has 0 atom stereocenters. The van der Waals surface area contributed by atoms with Gasteiger partial charge in [0, 0.05) is 0 Å². The van der Waals surface area contributed by atoms with Crippen molar-refractivity contribution in [3.05, 3.63) is 65.9 Å². The van der Waals surface area contributed by atoms with E-state index in [1.54, 1.807) is 12.1 Å². The molecule has 0 bridgehead atoms. The Morgan fingerprint density at radius 2 is 1.29 bits per heavy atom. The molecule has 2 aromatic carbocycles. The summed E-state index contributed by atoms with van der Waals surface area (Å²) in [6.45, 7) is 2.19. The van der Waals surface area contributed by atoms with Gasteiger partial charge in [-0.3, -0.25) is 0 Å². The SMILES string of the molecule is CCCCCCCCCCCCCc1c(C(F)(F)F)noc1NS(=O)(=O)c1ccc(-c2ccccc2)cc1. The summed E-state index contributed by atoms with van der Waals surface area (Å²) in [4.78, 5) is -0.0808. The van der Waals surface area contributed by atoms with Gasteiger partial charge in [0.05, 0.1) is 10.5 Å². The first-order chi connectivity index (χ1) is 18.2. The molecule has 0 aliphatic rings. The molecule has 208 valence electrons. The predicted molar refractivity (Wildman–Crippen MR) is 144 cm³/mol. The maximum Gasteiger partial charge on any atom is 0.437 e. The van der Waals surface area contributed by atoms with Crippen molar-refractivity contribution in [2.75, 3.05) is 4.72 Å². The number of rotatable bonds is 16. The first-order valence-corrected chi connectivity index (χ1v) is 14.9. The maximum atomic E-state index is 13.5. The fraction of sp³-hybridized carbons (Fsp3) is 0.483. The second-order valence-electron chi connectivity index (χ2n) is 9.62. The van der Waals surface area contributed by atoms with Gasteiger partial charge in [0.2, 0.25) is 5.88 Å². The molecule has 1 heterocycles. The number of nitrogens with one attached hydrogen (secondary N) is 1. The zero-order valence-electron chi connectivity index (χ0n) is 21.9. The molecule has 0 fully saturated rings. The third-order valence-electron chi connectivity index (χ3n) is 6.59. The molecule has 3 rings (SSSR count). The van der Waals surface area contributed by atoms with Gasteiger partial charge >= 0.3 is 6.18 Å². The molecule has 0 radical (unpaired) electrons. The molecule has 5 nitrogen and oxygen atoms in total. The van der Waals surface area contributed by atoms with Gasteiger partial charge in [-0.1, -0.05) is 119 Å². The Balaban J connectivity index is 1.58. The van der Waals surface area contributed by atoms with Crippen molar-refractivity contribution >= 4 is 15.9 Å². The Morgan fingerprint density at radius 3 is 1.84 bits per heavy atom. The zero-order chi connectivity index (χ0) is 27.4. The Morgan fingerprint density at radius 1 is 0.763 bits per heavy atom. The van der Waals surface area contributed by atoms with Crippen molar-refractivity contribution in [2.45, 2.75) is 95.0 Å².